The van der Waals surface area contributed by atoms with Gasteiger partial charge in [-0.05, 0) is 37.6 Å². The zero-order valence-corrected chi connectivity index (χ0v) is 20.3. The maximum absolute atomic E-state index is 13.3. The van der Waals surface area contributed by atoms with Gasteiger partial charge in [-0.15, -0.1) is 0 Å². The fourth-order valence-corrected chi connectivity index (χ4v) is 5.48. The highest BCUT2D eigenvalue weighted by molar-refractivity contribution is 6.43. The summed E-state index contributed by atoms with van der Waals surface area (Å²) in [5.41, 5.74) is 4.79. The van der Waals surface area contributed by atoms with Crippen LogP contribution in [0.15, 0.2) is 96.7 Å². The lowest BCUT2D eigenvalue weighted by Crippen LogP contribution is -2.40. The predicted molar refractivity (Wildman–Crippen MR) is 140 cm³/mol. The lowest BCUT2D eigenvalue weighted by atomic mass is 9.71. The molecule has 178 valence electrons. The van der Waals surface area contributed by atoms with Crippen molar-refractivity contribution in [3.8, 4) is 5.75 Å². The van der Waals surface area contributed by atoms with E-state index >= 15 is 0 Å². The van der Waals surface area contributed by atoms with Gasteiger partial charge in [0.05, 0.1) is 11.0 Å². The maximum atomic E-state index is 13.3. The number of H-pyrrole nitrogens is 1. The maximum Gasteiger partial charge on any atom is 0.209 e. The summed E-state index contributed by atoms with van der Waals surface area (Å²) in [4.78, 5) is 29.8. The summed E-state index contributed by atoms with van der Waals surface area (Å²) in [7, 11) is 0. The van der Waals surface area contributed by atoms with Crippen molar-refractivity contribution in [3.05, 3.63) is 108 Å². The van der Waals surface area contributed by atoms with Crippen LogP contribution in [0.25, 0.3) is 10.9 Å². The van der Waals surface area contributed by atoms with E-state index in [1.165, 1.54) is 5.56 Å². The number of aromatic amines is 1. The first-order valence-electron chi connectivity index (χ1n) is 12.3. The number of para-hydroxylation sites is 3. The Labute approximate surface area is 209 Å². The average molecular weight is 476 g/mol. The molecule has 0 spiro atoms. The van der Waals surface area contributed by atoms with Crippen LogP contribution in [-0.4, -0.2) is 40.0 Å². The number of nitrogens with zero attached hydrogens (tertiary/aromatic N) is 1. The van der Waals surface area contributed by atoms with E-state index in [1.807, 2.05) is 72.8 Å². The molecular formula is C31H27N2O3+. The topological polar surface area (TPSA) is 62.2 Å². The van der Waals surface area contributed by atoms with Gasteiger partial charge >= 0.3 is 0 Å². The van der Waals surface area contributed by atoms with Crippen molar-refractivity contribution in [1.82, 2.24) is 4.98 Å². The van der Waals surface area contributed by atoms with Crippen molar-refractivity contribution in [2.24, 2.45) is 0 Å². The van der Waals surface area contributed by atoms with Crippen LogP contribution < -0.4 is 4.74 Å². The number of nitrogens with one attached hydrogen (secondary N) is 1. The predicted octanol–water partition coefficient (Wildman–Crippen LogP) is 5.49. The first-order chi connectivity index (χ1) is 17.5. The Hall–Kier alpha value is -4.25. The van der Waals surface area contributed by atoms with Crippen LogP contribution in [0.5, 0.6) is 5.75 Å². The van der Waals surface area contributed by atoms with E-state index in [-0.39, 0.29) is 22.6 Å². The zero-order valence-electron chi connectivity index (χ0n) is 20.3. The number of Topliss-reactive ketones (excluding diaryl/α,β-unsaturated/α-hetero) is 2. The molecule has 5 nitrogen and oxygen atoms in total. The Morgan fingerprint density at radius 3 is 2.42 bits per heavy atom. The molecule has 1 N–H and O–H groups in total. The second-order valence-electron chi connectivity index (χ2n) is 9.85. The molecule has 1 saturated carbocycles. The molecule has 1 aliphatic carbocycles. The molecule has 2 heterocycles. The van der Waals surface area contributed by atoms with Crippen LogP contribution >= 0.6 is 0 Å². The third kappa shape index (κ3) is 3.42. The molecule has 1 fully saturated rings. The number of rotatable bonds is 6. The fourth-order valence-electron chi connectivity index (χ4n) is 5.48. The number of carbonyl (C=O) groups excluding carboxylic acids is 2. The zero-order chi connectivity index (χ0) is 24.9. The molecule has 0 unspecified atom stereocenters. The number of carbonyl (C=O) groups is 2. The lowest BCUT2D eigenvalue weighted by Gasteiger charge is -2.26. The number of hydrogen-bond acceptors (Lipinski definition) is 3. The highest BCUT2D eigenvalue weighted by Crippen LogP contribution is 2.42. The number of allylic oxidation sites excluding steroid dienone is 2. The van der Waals surface area contributed by atoms with Crippen molar-refractivity contribution in [3.63, 3.8) is 0 Å². The van der Waals surface area contributed by atoms with Crippen LogP contribution in [0.2, 0.25) is 0 Å². The van der Waals surface area contributed by atoms with Gasteiger partial charge in [0, 0.05) is 34.8 Å². The Balaban J connectivity index is 1.34. The smallest absolute Gasteiger partial charge is 0.209 e. The summed E-state index contributed by atoms with van der Waals surface area (Å²) in [5, 5.41) is 0.921. The van der Waals surface area contributed by atoms with Crippen LogP contribution in [0.3, 0.4) is 0 Å². The second kappa shape index (κ2) is 8.45. The number of hydrogen-bond donors (Lipinski definition) is 1. The lowest BCUT2D eigenvalue weighted by molar-refractivity contribution is -0.439. The van der Waals surface area contributed by atoms with E-state index < -0.39 is 5.92 Å². The third-order valence-corrected chi connectivity index (χ3v) is 7.39. The number of fused-ring (bicyclic) bond motifs is 2. The molecule has 0 amide bonds. The highest BCUT2D eigenvalue weighted by atomic mass is 16.5. The van der Waals surface area contributed by atoms with Crippen LogP contribution in [0.4, 0.5) is 5.69 Å². The van der Waals surface area contributed by atoms with Gasteiger partial charge < -0.3 is 9.72 Å². The summed E-state index contributed by atoms with van der Waals surface area (Å²) < 4.78 is 8.17. The SMILES string of the molecule is CC1(C)C(C=C2C(=O)C(c3c[nH]c4ccccc34)C2=O)=[N+](CCOc2ccccc2)c2ccccc21. The summed E-state index contributed by atoms with van der Waals surface area (Å²) in [6.07, 6.45) is 3.61. The first kappa shape index (κ1) is 22.2. The van der Waals surface area contributed by atoms with Gasteiger partial charge in [0.15, 0.2) is 23.8 Å². The van der Waals surface area contributed by atoms with Gasteiger partial charge in [0.25, 0.3) is 0 Å². The highest BCUT2D eigenvalue weighted by Gasteiger charge is 2.50. The number of ether oxygens (including phenoxy) is 1. The second-order valence-corrected chi connectivity index (χ2v) is 9.85. The summed E-state index contributed by atoms with van der Waals surface area (Å²) in [6.45, 7) is 5.35. The van der Waals surface area contributed by atoms with Crippen LogP contribution in [0.1, 0.15) is 30.9 Å². The van der Waals surface area contributed by atoms with Crippen molar-refractivity contribution < 1.29 is 18.9 Å². The molecule has 36 heavy (non-hydrogen) atoms. The normalized spacial score (nSPS) is 18.4. The van der Waals surface area contributed by atoms with Crippen molar-refractivity contribution >= 4 is 33.9 Å². The van der Waals surface area contributed by atoms with Gasteiger partial charge in [0.2, 0.25) is 5.69 Å². The van der Waals surface area contributed by atoms with E-state index in [0.29, 0.717) is 13.2 Å². The largest absolute Gasteiger partial charge is 0.487 e. The first-order valence-corrected chi connectivity index (χ1v) is 12.3. The molecule has 5 heteroatoms. The molecule has 1 aromatic heterocycles. The van der Waals surface area contributed by atoms with Crippen molar-refractivity contribution in [2.75, 3.05) is 13.2 Å². The molecule has 0 bridgehead atoms. The third-order valence-electron chi connectivity index (χ3n) is 7.39. The minimum absolute atomic E-state index is 0.121. The van der Waals surface area contributed by atoms with Gasteiger partial charge in [-0.1, -0.05) is 54.6 Å². The number of ketones is 2. The van der Waals surface area contributed by atoms with Gasteiger partial charge in [0.1, 0.15) is 18.3 Å². The molecule has 0 saturated heterocycles. The molecule has 0 atom stereocenters. The molecular weight excluding hydrogens is 448 g/mol. The molecule has 6 rings (SSSR count). The minimum Gasteiger partial charge on any atom is -0.487 e. The molecule has 4 aromatic rings. The van der Waals surface area contributed by atoms with Crippen LogP contribution in [-0.2, 0) is 15.0 Å². The molecule has 2 aliphatic rings. The van der Waals surface area contributed by atoms with Gasteiger partial charge in [-0.25, -0.2) is 0 Å². The molecule has 3 aromatic carbocycles. The van der Waals surface area contributed by atoms with Gasteiger partial charge in [-0.3, -0.25) is 9.59 Å². The van der Waals surface area contributed by atoms with Crippen LogP contribution in [0, 0.1) is 0 Å². The van der Waals surface area contributed by atoms with Crippen molar-refractivity contribution in [1.29, 1.82) is 0 Å². The summed E-state index contributed by atoms with van der Waals surface area (Å²) in [5.74, 6) is -0.168. The molecule has 1 aliphatic heterocycles. The quantitative estimate of drug-likeness (QED) is 0.174. The minimum atomic E-state index is -0.741. The molecule has 0 radical (unpaired) electrons. The van der Waals surface area contributed by atoms with E-state index in [1.54, 1.807) is 6.20 Å². The average Bonchev–Trinajstić information content (AvgIpc) is 3.40. The Morgan fingerprint density at radius 2 is 1.61 bits per heavy atom. The monoisotopic (exact) mass is 475 g/mol. The number of benzene rings is 3. The Kier molecular flexibility index (Phi) is 5.22. The Morgan fingerprint density at radius 1 is 0.917 bits per heavy atom. The van der Waals surface area contributed by atoms with E-state index in [0.717, 1.165) is 33.6 Å². The van der Waals surface area contributed by atoms with Gasteiger partial charge in [-0.2, -0.15) is 4.58 Å². The Bertz CT molecular complexity index is 1560. The van der Waals surface area contributed by atoms with E-state index in [4.69, 9.17) is 4.74 Å². The van der Waals surface area contributed by atoms with E-state index in [2.05, 4.69) is 35.5 Å². The standard InChI is InChI=1S/C31H26N2O3/c1-31(2)24-13-7-9-15-26(24)33(16-17-36-20-10-4-3-5-11-20)27(31)18-22-29(34)28(30(22)35)23-19-32-25-14-8-6-12-21(23)25/h3-15,18-19,28H,16-17H2,1-2H3/p+1. The van der Waals surface area contributed by atoms with Crippen molar-refractivity contribution in [2.45, 2.75) is 25.2 Å². The summed E-state index contributed by atoms with van der Waals surface area (Å²) >= 11 is 0. The fraction of sp³-hybridized carbons (Fsp3) is 0.194. The summed E-state index contributed by atoms with van der Waals surface area (Å²) in [6, 6.07) is 25.7. The number of aromatic nitrogens is 1. The van der Waals surface area contributed by atoms with E-state index in [9.17, 15) is 9.59 Å².